The molecule has 2 rings (SSSR count). The molecule has 0 aliphatic rings. The Hall–Kier alpha value is -2.59. The molecule has 0 N–H and O–H groups in total. The lowest BCUT2D eigenvalue weighted by Crippen LogP contribution is -2.11. The number of carbonyl (C=O) groups is 1. The van der Waals surface area contributed by atoms with Gasteiger partial charge in [0.25, 0.3) is 0 Å². The van der Waals surface area contributed by atoms with E-state index in [1.165, 1.54) is 18.4 Å². The molecular weight excluding hydrogens is 282 g/mol. The lowest BCUT2D eigenvalue weighted by molar-refractivity contribution is 0.0748. The highest BCUT2D eigenvalue weighted by molar-refractivity contribution is 7.86. The maximum absolute atomic E-state index is 11.6. The van der Waals surface area contributed by atoms with Crippen LogP contribution in [0.1, 0.15) is 16.1 Å². The average molecular weight is 291 g/mol. The molecule has 1 aromatic heterocycles. The molecule has 0 amide bonds. The van der Waals surface area contributed by atoms with Crippen LogP contribution in [0.4, 0.5) is 0 Å². The van der Waals surface area contributed by atoms with Crippen LogP contribution in [0.25, 0.3) is 11.1 Å². The highest BCUT2D eigenvalue weighted by atomic mass is 32.2. The Bertz CT molecular complexity index is 798. The van der Waals surface area contributed by atoms with Gasteiger partial charge in [0.2, 0.25) is 5.76 Å². The summed E-state index contributed by atoms with van der Waals surface area (Å²) in [5.41, 5.74) is 1.14. The molecule has 0 fully saturated rings. The van der Waals surface area contributed by atoms with Gasteiger partial charge in [-0.05, 0) is 23.8 Å². The van der Waals surface area contributed by atoms with Gasteiger partial charge in [0.1, 0.15) is 6.07 Å². The highest BCUT2D eigenvalue weighted by Gasteiger charge is 2.15. The smallest absolute Gasteiger partial charge is 0.353 e. The van der Waals surface area contributed by atoms with Gasteiger partial charge in [0.05, 0.1) is 18.1 Å². The summed E-state index contributed by atoms with van der Waals surface area (Å²) in [5.74, 6) is -0.866. The Kier molecular flexibility index (Phi) is 3.59. The van der Waals surface area contributed by atoms with Crippen molar-refractivity contribution in [1.82, 2.24) is 0 Å². The van der Waals surface area contributed by atoms with Crippen molar-refractivity contribution >= 4 is 16.1 Å². The van der Waals surface area contributed by atoms with Gasteiger partial charge < -0.3 is 8.60 Å². The predicted octanol–water partition coefficient (Wildman–Crippen LogP) is 1.93. The minimum Gasteiger partial charge on any atom is -0.453 e. The lowest BCUT2D eigenvalue weighted by Gasteiger charge is -2.03. The van der Waals surface area contributed by atoms with Gasteiger partial charge in [0.15, 0.2) is 0 Å². The zero-order valence-electron chi connectivity index (χ0n) is 10.4. The van der Waals surface area contributed by atoms with Crippen LogP contribution in [0, 0.1) is 11.3 Å². The highest BCUT2D eigenvalue weighted by Crippen LogP contribution is 2.25. The molecule has 1 heterocycles. The molecule has 2 aromatic rings. The molecule has 0 spiro atoms. The third-order valence-electron chi connectivity index (χ3n) is 2.40. The summed E-state index contributed by atoms with van der Waals surface area (Å²) >= 11 is 0. The maximum Gasteiger partial charge on any atom is 0.353 e. The average Bonchev–Trinajstić information content (AvgIpc) is 2.85. The molecule has 102 valence electrons. The van der Waals surface area contributed by atoms with E-state index in [-0.39, 0.29) is 11.3 Å². The van der Waals surface area contributed by atoms with Gasteiger partial charge in [-0.1, -0.05) is 12.1 Å². The van der Waals surface area contributed by atoms with Gasteiger partial charge in [-0.3, -0.25) is 0 Å². The largest absolute Gasteiger partial charge is 0.453 e. The fourth-order valence-corrected chi connectivity index (χ4v) is 1.99. The quantitative estimate of drug-likeness (QED) is 0.801. The van der Waals surface area contributed by atoms with E-state index in [0.29, 0.717) is 11.1 Å². The van der Waals surface area contributed by atoms with Gasteiger partial charge >= 0.3 is 16.1 Å². The Morgan fingerprint density at radius 3 is 2.75 bits per heavy atom. The van der Waals surface area contributed by atoms with Gasteiger partial charge in [-0.25, -0.2) is 4.79 Å². The zero-order chi connectivity index (χ0) is 14.8. The first kappa shape index (κ1) is 13.8. The van der Waals surface area contributed by atoms with Crippen LogP contribution in [0.2, 0.25) is 0 Å². The minimum atomic E-state index is -3.87. The molecule has 1 aromatic carbocycles. The lowest BCUT2D eigenvalue weighted by atomic mass is 10.0. The molecule has 0 aliphatic heterocycles. The first-order chi connectivity index (χ1) is 9.40. The zero-order valence-corrected chi connectivity index (χ0v) is 11.2. The summed E-state index contributed by atoms with van der Waals surface area (Å²) < 4.78 is 31.1. The topological polar surface area (TPSA) is 97.4 Å². The second kappa shape index (κ2) is 5.19. The monoisotopic (exact) mass is 291 g/mol. The Balaban J connectivity index is 2.39. The molecular formula is C13H9NO5S. The summed E-state index contributed by atoms with van der Waals surface area (Å²) in [7, 11) is -3.87. The van der Waals surface area contributed by atoms with E-state index in [4.69, 9.17) is 9.68 Å². The van der Waals surface area contributed by atoms with Gasteiger partial charge in [0, 0.05) is 5.56 Å². The van der Waals surface area contributed by atoms with Crippen molar-refractivity contribution in [2.24, 2.45) is 0 Å². The number of furan rings is 1. The van der Waals surface area contributed by atoms with Crippen molar-refractivity contribution in [3.8, 4) is 17.2 Å². The third kappa shape index (κ3) is 3.05. The number of hydrogen-bond donors (Lipinski definition) is 0. The molecule has 0 radical (unpaired) electrons. The predicted molar refractivity (Wildman–Crippen MR) is 69.1 cm³/mol. The first-order valence-corrected chi connectivity index (χ1v) is 7.24. The fourth-order valence-electron chi connectivity index (χ4n) is 1.62. The summed E-state index contributed by atoms with van der Waals surface area (Å²) in [6.45, 7) is 0. The summed E-state index contributed by atoms with van der Waals surface area (Å²) in [6.07, 6.45) is 2.15. The number of hydrogen-bond acceptors (Lipinski definition) is 6. The van der Waals surface area contributed by atoms with E-state index in [9.17, 15) is 13.2 Å². The Morgan fingerprint density at radius 1 is 1.35 bits per heavy atom. The van der Waals surface area contributed by atoms with Gasteiger partial charge in [-0.2, -0.15) is 13.7 Å². The van der Waals surface area contributed by atoms with Crippen LogP contribution in [0.3, 0.4) is 0 Å². The van der Waals surface area contributed by atoms with E-state index < -0.39 is 16.1 Å². The first-order valence-electron chi connectivity index (χ1n) is 5.42. The van der Waals surface area contributed by atoms with Crippen LogP contribution < -0.4 is 0 Å². The van der Waals surface area contributed by atoms with Crippen LogP contribution in [0.15, 0.2) is 41.0 Å². The number of nitrogens with zero attached hydrogens (tertiary/aromatic N) is 1. The fraction of sp³-hybridized carbons (Fsp3) is 0.0769. The maximum atomic E-state index is 11.6. The van der Waals surface area contributed by atoms with Crippen molar-refractivity contribution in [2.45, 2.75) is 0 Å². The molecule has 7 heteroatoms. The molecule has 0 saturated heterocycles. The van der Waals surface area contributed by atoms with E-state index in [1.54, 1.807) is 18.2 Å². The van der Waals surface area contributed by atoms with E-state index in [0.717, 1.165) is 6.26 Å². The molecule has 0 unspecified atom stereocenters. The van der Waals surface area contributed by atoms with Crippen molar-refractivity contribution < 1.29 is 21.8 Å². The SMILES string of the molecule is CS(=O)(=O)OC(=O)c1cccc(-c2ccoc2C#N)c1. The van der Waals surface area contributed by atoms with Crippen LogP contribution in [-0.2, 0) is 14.3 Å². The van der Waals surface area contributed by atoms with Crippen molar-refractivity contribution in [3.63, 3.8) is 0 Å². The molecule has 6 nitrogen and oxygen atoms in total. The standard InChI is InChI=1S/C13H9NO5S/c1-20(16,17)19-13(15)10-4-2-3-9(7-10)11-5-6-18-12(11)8-14/h2-7H,1H3. The number of nitriles is 1. The molecule has 0 atom stereocenters. The van der Waals surface area contributed by atoms with E-state index in [1.807, 2.05) is 6.07 Å². The van der Waals surface area contributed by atoms with Crippen LogP contribution in [-0.4, -0.2) is 20.6 Å². The second-order valence-corrected chi connectivity index (χ2v) is 5.51. The van der Waals surface area contributed by atoms with Crippen molar-refractivity contribution in [2.75, 3.05) is 6.26 Å². The van der Waals surface area contributed by atoms with E-state index in [2.05, 4.69) is 4.18 Å². The third-order valence-corrected chi connectivity index (χ3v) is 2.86. The number of rotatable bonds is 3. The van der Waals surface area contributed by atoms with Crippen molar-refractivity contribution in [3.05, 3.63) is 47.9 Å². The summed E-state index contributed by atoms with van der Waals surface area (Å²) in [4.78, 5) is 11.6. The molecule has 0 saturated carbocycles. The summed E-state index contributed by atoms with van der Waals surface area (Å²) in [5, 5.41) is 8.89. The number of carbonyl (C=O) groups excluding carboxylic acids is 1. The van der Waals surface area contributed by atoms with Gasteiger partial charge in [-0.15, -0.1) is 0 Å². The molecule has 0 aliphatic carbocycles. The summed E-state index contributed by atoms with van der Waals surface area (Å²) in [6, 6.07) is 9.54. The van der Waals surface area contributed by atoms with Crippen LogP contribution >= 0.6 is 0 Å². The van der Waals surface area contributed by atoms with Crippen molar-refractivity contribution in [1.29, 1.82) is 5.26 Å². The van der Waals surface area contributed by atoms with Crippen LogP contribution in [0.5, 0.6) is 0 Å². The molecule has 0 bridgehead atoms. The Labute approximate surface area is 115 Å². The normalized spacial score (nSPS) is 10.8. The van der Waals surface area contributed by atoms with E-state index >= 15 is 0 Å². The number of benzene rings is 1. The Morgan fingerprint density at radius 2 is 2.10 bits per heavy atom. The minimum absolute atomic E-state index is 0.0676. The molecule has 20 heavy (non-hydrogen) atoms. The second-order valence-electron chi connectivity index (χ2n) is 3.93.